The van der Waals surface area contributed by atoms with E-state index in [4.69, 9.17) is 16.3 Å². The molecule has 1 fully saturated rings. The lowest BCUT2D eigenvalue weighted by Gasteiger charge is -2.24. The van der Waals surface area contributed by atoms with Crippen molar-refractivity contribution in [2.45, 2.75) is 51.2 Å². The van der Waals surface area contributed by atoms with Crippen LogP contribution in [0.3, 0.4) is 0 Å². The van der Waals surface area contributed by atoms with E-state index in [0.29, 0.717) is 16.3 Å². The summed E-state index contributed by atoms with van der Waals surface area (Å²) in [4.78, 5) is 19.5. The maximum Gasteiger partial charge on any atom is 0.283 e. The monoisotopic (exact) mass is 382 g/mol. The van der Waals surface area contributed by atoms with Gasteiger partial charge in [-0.2, -0.15) is 4.99 Å². The largest absolute Gasteiger partial charge is 0.496 e. The number of carbonyl (C=O) groups is 1. The van der Waals surface area contributed by atoms with Gasteiger partial charge in [0.15, 0.2) is 5.17 Å². The molecular weight excluding hydrogens is 356 g/mol. The quantitative estimate of drug-likeness (QED) is 0.645. The number of aliphatic imine (C=N–C) groups is 1. The number of unbranched alkanes of at least 4 members (excludes halogenated alkanes) is 1. The lowest BCUT2D eigenvalue weighted by atomic mass is 10.0. The highest BCUT2D eigenvalue weighted by Crippen LogP contribution is 2.41. The molecule has 2 rings (SSSR count). The Morgan fingerprint density at radius 2 is 2.08 bits per heavy atom. The zero-order chi connectivity index (χ0) is 18.4. The van der Waals surface area contributed by atoms with E-state index in [-0.39, 0.29) is 10.7 Å². The Morgan fingerprint density at radius 1 is 1.36 bits per heavy atom. The van der Waals surface area contributed by atoms with Crippen molar-refractivity contribution in [3.05, 3.63) is 28.8 Å². The molecule has 1 aliphatic rings. The number of amides is 1. The summed E-state index contributed by atoms with van der Waals surface area (Å²) in [6.45, 7) is 8.47. The fourth-order valence-electron chi connectivity index (χ4n) is 2.94. The van der Waals surface area contributed by atoms with E-state index in [9.17, 15) is 4.79 Å². The predicted octanol–water partition coefficient (Wildman–Crippen LogP) is 5.25. The summed E-state index contributed by atoms with van der Waals surface area (Å²) in [7, 11) is 1.55. The molecule has 138 valence electrons. The lowest BCUT2D eigenvalue weighted by molar-refractivity contribution is 0.0999. The molecule has 0 spiro atoms. The Bertz CT molecular complexity index is 644. The Morgan fingerprint density at radius 3 is 2.68 bits per heavy atom. The van der Waals surface area contributed by atoms with Gasteiger partial charge in [0.1, 0.15) is 5.75 Å². The zero-order valence-electron chi connectivity index (χ0n) is 15.5. The van der Waals surface area contributed by atoms with Crippen LogP contribution >= 0.6 is 23.4 Å². The van der Waals surface area contributed by atoms with Crippen molar-refractivity contribution in [1.29, 1.82) is 0 Å². The first-order valence-corrected chi connectivity index (χ1v) is 10.1. The van der Waals surface area contributed by atoms with Crippen molar-refractivity contribution in [2.24, 2.45) is 4.99 Å². The topological polar surface area (TPSA) is 41.9 Å². The average molecular weight is 383 g/mol. The summed E-state index contributed by atoms with van der Waals surface area (Å²) < 4.78 is 5.44. The van der Waals surface area contributed by atoms with E-state index >= 15 is 0 Å². The molecule has 6 heteroatoms. The van der Waals surface area contributed by atoms with Crippen LogP contribution in [0.15, 0.2) is 23.2 Å². The highest BCUT2D eigenvalue weighted by atomic mass is 35.5. The Kier molecular flexibility index (Phi) is 7.20. The Labute approximate surface area is 160 Å². The van der Waals surface area contributed by atoms with E-state index in [1.54, 1.807) is 37.1 Å². The number of halogens is 1. The third-order valence-corrected chi connectivity index (χ3v) is 6.62. The van der Waals surface area contributed by atoms with Crippen LogP contribution in [0.2, 0.25) is 5.02 Å². The molecule has 0 bridgehead atoms. The second-order valence-electron chi connectivity index (χ2n) is 6.31. The number of hydrogen-bond donors (Lipinski definition) is 0. The van der Waals surface area contributed by atoms with Crippen molar-refractivity contribution >= 4 is 34.4 Å². The molecule has 1 heterocycles. The van der Waals surface area contributed by atoms with Gasteiger partial charge in [-0.05, 0) is 37.5 Å². The minimum absolute atomic E-state index is 0.144. The molecule has 25 heavy (non-hydrogen) atoms. The van der Waals surface area contributed by atoms with Gasteiger partial charge in [-0.1, -0.05) is 50.6 Å². The van der Waals surface area contributed by atoms with Gasteiger partial charge in [-0.3, -0.25) is 4.79 Å². The minimum Gasteiger partial charge on any atom is -0.496 e. The molecule has 0 N–H and O–H groups in total. The van der Waals surface area contributed by atoms with Crippen LogP contribution in [0, 0.1) is 0 Å². The average Bonchev–Trinajstić information content (AvgIpc) is 2.98. The lowest BCUT2D eigenvalue weighted by Crippen LogP contribution is -2.32. The number of amidine groups is 1. The SMILES string of the molecule is CCCCN1CC(CC)(CC)SC1=NC(=O)c1cc(Cl)ccc1OC. The van der Waals surface area contributed by atoms with Crippen molar-refractivity contribution in [1.82, 2.24) is 4.90 Å². The summed E-state index contributed by atoms with van der Waals surface area (Å²) >= 11 is 7.79. The molecule has 1 aromatic rings. The van der Waals surface area contributed by atoms with Crippen LogP contribution in [0.5, 0.6) is 5.75 Å². The smallest absolute Gasteiger partial charge is 0.283 e. The van der Waals surface area contributed by atoms with Gasteiger partial charge < -0.3 is 9.64 Å². The van der Waals surface area contributed by atoms with Gasteiger partial charge in [-0.15, -0.1) is 0 Å². The van der Waals surface area contributed by atoms with Crippen LogP contribution < -0.4 is 4.74 Å². The number of thioether (sulfide) groups is 1. The molecule has 0 radical (unpaired) electrons. The number of carbonyl (C=O) groups excluding carboxylic acids is 1. The molecule has 0 unspecified atom stereocenters. The first kappa shape index (κ1) is 20.1. The van der Waals surface area contributed by atoms with Gasteiger partial charge in [0, 0.05) is 22.9 Å². The van der Waals surface area contributed by atoms with Crippen LogP contribution in [0.4, 0.5) is 0 Å². The molecule has 1 saturated heterocycles. The number of nitrogens with zero attached hydrogens (tertiary/aromatic N) is 2. The minimum atomic E-state index is -0.300. The van der Waals surface area contributed by atoms with E-state index in [0.717, 1.165) is 43.9 Å². The molecular formula is C19H27ClN2O2S. The maximum atomic E-state index is 12.8. The molecule has 0 aromatic heterocycles. The zero-order valence-corrected chi connectivity index (χ0v) is 17.0. The highest BCUT2D eigenvalue weighted by molar-refractivity contribution is 8.15. The third-order valence-electron chi connectivity index (χ3n) is 4.72. The van der Waals surface area contributed by atoms with Crippen molar-refractivity contribution < 1.29 is 9.53 Å². The molecule has 0 saturated carbocycles. The fourth-order valence-corrected chi connectivity index (χ4v) is 4.42. The molecule has 1 aromatic carbocycles. The van der Waals surface area contributed by atoms with E-state index in [1.165, 1.54) is 0 Å². The van der Waals surface area contributed by atoms with Crippen LogP contribution in [-0.4, -0.2) is 40.9 Å². The molecule has 4 nitrogen and oxygen atoms in total. The number of benzene rings is 1. The summed E-state index contributed by atoms with van der Waals surface area (Å²) in [6.07, 6.45) is 4.34. The van der Waals surface area contributed by atoms with Crippen LogP contribution in [0.25, 0.3) is 0 Å². The Balaban J connectivity index is 2.32. The fraction of sp³-hybridized carbons (Fsp3) is 0.579. The van der Waals surface area contributed by atoms with Gasteiger partial charge >= 0.3 is 0 Å². The summed E-state index contributed by atoms with van der Waals surface area (Å²) in [6, 6.07) is 5.03. The first-order chi connectivity index (χ1) is 12.0. The number of methoxy groups -OCH3 is 1. The standard InChI is InChI=1S/C19H27ClN2O2S/c1-5-8-11-22-13-19(6-2,7-3)25-18(22)21-17(23)15-12-14(20)9-10-16(15)24-4/h9-10,12H,5-8,11,13H2,1-4H3. The van der Waals surface area contributed by atoms with Gasteiger partial charge in [-0.25, -0.2) is 0 Å². The van der Waals surface area contributed by atoms with Crippen molar-refractivity contribution in [3.8, 4) is 5.75 Å². The van der Waals surface area contributed by atoms with E-state index in [1.807, 2.05) is 0 Å². The summed E-state index contributed by atoms with van der Waals surface area (Å²) in [5.41, 5.74) is 0.407. The summed E-state index contributed by atoms with van der Waals surface area (Å²) in [5, 5.41) is 1.33. The highest BCUT2D eigenvalue weighted by Gasteiger charge is 2.40. The summed E-state index contributed by atoms with van der Waals surface area (Å²) in [5.74, 6) is 0.199. The predicted molar refractivity (Wildman–Crippen MR) is 107 cm³/mol. The van der Waals surface area contributed by atoms with Crippen LogP contribution in [0.1, 0.15) is 56.8 Å². The van der Waals surface area contributed by atoms with E-state index < -0.39 is 0 Å². The Hall–Kier alpha value is -1.20. The first-order valence-electron chi connectivity index (χ1n) is 8.89. The normalized spacial score (nSPS) is 18.0. The molecule has 1 amide bonds. The molecule has 0 atom stereocenters. The van der Waals surface area contributed by atoms with Crippen molar-refractivity contribution in [2.75, 3.05) is 20.2 Å². The molecule has 1 aliphatic heterocycles. The number of hydrogen-bond acceptors (Lipinski definition) is 3. The third kappa shape index (κ3) is 4.70. The van der Waals surface area contributed by atoms with E-state index in [2.05, 4.69) is 30.7 Å². The number of ether oxygens (including phenoxy) is 1. The molecule has 0 aliphatic carbocycles. The second kappa shape index (κ2) is 8.95. The van der Waals surface area contributed by atoms with Gasteiger partial charge in [0.2, 0.25) is 0 Å². The second-order valence-corrected chi connectivity index (χ2v) is 8.18. The van der Waals surface area contributed by atoms with Gasteiger partial charge in [0.05, 0.1) is 12.7 Å². The van der Waals surface area contributed by atoms with Crippen LogP contribution in [-0.2, 0) is 0 Å². The number of rotatable bonds is 7. The van der Waals surface area contributed by atoms with Gasteiger partial charge in [0.25, 0.3) is 5.91 Å². The van der Waals surface area contributed by atoms with Crippen molar-refractivity contribution in [3.63, 3.8) is 0 Å². The maximum absolute atomic E-state index is 12.8.